The third-order valence-corrected chi connectivity index (χ3v) is 5.49. The molecule has 0 aliphatic carbocycles. The van der Waals surface area contributed by atoms with E-state index in [4.69, 9.17) is 4.74 Å². The quantitative estimate of drug-likeness (QED) is 0.344. The standard InChI is InChI=1S/C20H29N9O4/c1-4-6-8-28-9-11(26-27-28)16-24-17(22-7-5-2)12-18(25-16)29(10-23-12)20-14(31)13(30)15(33-20)19(32)21-3/h9-10,13-15,20,30-31H,4-8H2,1-3H3,(H,21,32)(H,22,24,25)/t13-,14+,15-,20+/m0/s1. The minimum atomic E-state index is -1.40. The fourth-order valence-corrected chi connectivity index (χ4v) is 3.66. The highest BCUT2D eigenvalue weighted by atomic mass is 16.6. The molecule has 0 bridgehead atoms. The molecular weight excluding hydrogens is 430 g/mol. The van der Waals surface area contributed by atoms with Crippen LogP contribution in [0.4, 0.5) is 5.82 Å². The first-order valence-corrected chi connectivity index (χ1v) is 11.1. The molecule has 178 valence electrons. The van der Waals surface area contributed by atoms with Gasteiger partial charge in [-0.15, -0.1) is 5.10 Å². The molecule has 0 saturated carbocycles. The summed E-state index contributed by atoms with van der Waals surface area (Å²) >= 11 is 0. The van der Waals surface area contributed by atoms with Crippen molar-refractivity contribution in [2.24, 2.45) is 0 Å². The minimum Gasteiger partial charge on any atom is -0.387 e. The molecule has 1 aliphatic heterocycles. The van der Waals surface area contributed by atoms with E-state index in [1.165, 1.54) is 17.9 Å². The monoisotopic (exact) mass is 459 g/mol. The number of likely N-dealkylation sites (N-methyl/N-ethyl adjacent to an activating group) is 1. The van der Waals surface area contributed by atoms with Crippen LogP contribution in [0.25, 0.3) is 22.7 Å². The SMILES string of the molecule is CCCCn1cc(-c2nc(NCCC)c3ncn([C@@H]4O[C@H](C(=O)NC)[C@@H](O)[C@H]4O)c3n2)nn1. The van der Waals surface area contributed by atoms with Gasteiger partial charge in [0.15, 0.2) is 35.1 Å². The third kappa shape index (κ3) is 4.38. The zero-order valence-corrected chi connectivity index (χ0v) is 18.8. The van der Waals surface area contributed by atoms with Crippen molar-refractivity contribution >= 4 is 22.9 Å². The van der Waals surface area contributed by atoms with E-state index in [-0.39, 0.29) is 0 Å². The van der Waals surface area contributed by atoms with Gasteiger partial charge >= 0.3 is 0 Å². The summed E-state index contributed by atoms with van der Waals surface area (Å²) in [7, 11) is 1.43. The molecule has 4 heterocycles. The maximum Gasteiger partial charge on any atom is 0.251 e. The molecule has 4 atom stereocenters. The molecular formula is C20H29N9O4. The van der Waals surface area contributed by atoms with Crippen LogP contribution in [0.1, 0.15) is 39.3 Å². The summed E-state index contributed by atoms with van der Waals surface area (Å²) in [6.07, 6.45) is 1.09. The van der Waals surface area contributed by atoms with Gasteiger partial charge in [0.1, 0.15) is 17.9 Å². The zero-order valence-electron chi connectivity index (χ0n) is 18.8. The van der Waals surface area contributed by atoms with Gasteiger partial charge in [-0.2, -0.15) is 0 Å². The summed E-state index contributed by atoms with van der Waals surface area (Å²) < 4.78 is 8.95. The number of nitrogens with zero attached hydrogens (tertiary/aromatic N) is 7. The van der Waals surface area contributed by atoms with Gasteiger partial charge in [-0.3, -0.25) is 14.0 Å². The van der Waals surface area contributed by atoms with Crippen LogP contribution in [0.2, 0.25) is 0 Å². The Morgan fingerprint density at radius 1 is 1.21 bits per heavy atom. The van der Waals surface area contributed by atoms with Crippen molar-refractivity contribution in [1.29, 1.82) is 0 Å². The van der Waals surface area contributed by atoms with Gasteiger partial charge in [0, 0.05) is 20.1 Å². The van der Waals surface area contributed by atoms with Crippen LogP contribution < -0.4 is 10.6 Å². The Morgan fingerprint density at radius 2 is 2.03 bits per heavy atom. The van der Waals surface area contributed by atoms with E-state index in [1.807, 2.05) is 6.92 Å². The van der Waals surface area contributed by atoms with Crippen LogP contribution in [0, 0.1) is 0 Å². The lowest BCUT2D eigenvalue weighted by molar-refractivity contribution is -0.137. The Kier molecular flexibility index (Phi) is 6.81. The highest BCUT2D eigenvalue weighted by Crippen LogP contribution is 2.33. The first kappa shape index (κ1) is 23.0. The minimum absolute atomic E-state index is 0.335. The van der Waals surface area contributed by atoms with Crippen molar-refractivity contribution in [1.82, 2.24) is 39.8 Å². The number of unbranched alkanes of at least 4 members (excludes halogenated alkanes) is 1. The highest BCUT2D eigenvalue weighted by molar-refractivity contribution is 5.85. The van der Waals surface area contributed by atoms with Crippen LogP contribution in [-0.2, 0) is 16.1 Å². The summed E-state index contributed by atoms with van der Waals surface area (Å²) in [5.41, 5.74) is 1.34. The Balaban J connectivity index is 1.75. The number of carbonyl (C=O) groups excluding carboxylic acids is 1. The number of aliphatic hydroxyl groups excluding tert-OH is 2. The van der Waals surface area contributed by atoms with Crippen LogP contribution in [-0.4, -0.2) is 82.5 Å². The fraction of sp³-hybridized carbons (Fsp3) is 0.600. The first-order chi connectivity index (χ1) is 16.0. The molecule has 1 amide bonds. The Bertz CT molecular complexity index is 1110. The predicted molar refractivity (Wildman–Crippen MR) is 118 cm³/mol. The number of amides is 1. The first-order valence-electron chi connectivity index (χ1n) is 11.1. The smallest absolute Gasteiger partial charge is 0.251 e. The summed E-state index contributed by atoms with van der Waals surface area (Å²) in [4.78, 5) is 25.7. The molecule has 1 saturated heterocycles. The molecule has 0 radical (unpaired) electrons. The second kappa shape index (κ2) is 9.77. The molecule has 3 aromatic heterocycles. The molecule has 4 rings (SSSR count). The van der Waals surface area contributed by atoms with Gasteiger partial charge in [-0.25, -0.2) is 15.0 Å². The summed E-state index contributed by atoms with van der Waals surface area (Å²) in [5, 5.41) is 35.0. The molecule has 13 heteroatoms. The Hall–Kier alpha value is -3.16. The molecule has 0 unspecified atom stereocenters. The molecule has 3 aromatic rings. The number of anilines is 1. The van der Waals surface area contributed by atoms with Gasteiger partial charge < -0.3 is 25.6 Å². The van der Waals surface area contributed by atoms with E-state index in [0.29, 0.717) is 35.0 Å². The largest absolute Gasteiger partial charge is 0.387 e. The Labute approximate surface area is 190 Å². The lowest BCUT2D eigenvalue weighted by atomic mass is 10.1. The fourth-order valence-electron chi connectivity index (χ4n) is 3.66. The van der Waals surface area contributed by atoms with Gasteiger partial charge in [0.25, 0.3) is 5.91 Å². The molecule has 4 N–H and O–H groups in total. The van der Waals surface area contributed by atoms with Gasteiger partial charge in [0.2, 0.25) is 0 Å². The van der Waals surface area contributed by atoms with Crippen LogP contribution in [0.5, 0.6) is 0 Å². The summed E-state index contributed by atoms with van der Waals surface area (Å²) in [6.45, 7) is 5.55. The van der Waals surface area contributed by atoms with Crippen LogP contribution in [0.15, 0.2) is 12.5 Å². The number of imidazole rings is 1. The predicted octanol–water partition coefficient (Wildman–Crippen LogP) is 0.0720. The molecule has 1 aliphatic rings. The van der Waals surface area contributed by atoms with E-state index in [9.17, 15) is 15.0 Å². The Morgan fingerprint density at radius 3 is 2.76 bits per heavy atom. The van der Waals surface area contributed by atoms with Crippen molar-refractivity contribution in [3.05, 3.63) is 12.5 Å². The van der Waals surface area contributed by atoms with E-state index in [1.54, 1.807) is 10.9 Å². The van der Waals surface area contributed by atoms with Crippen LogP contribution in [0.3, 0.4) is 0 Å². The molecule has 0 aromatic carbocycles. The number of aliphatic hydroxyl groups is 2. The molecule has 0 spiro atoms. The molecule has 1 fully saturated rings. The van der Waals surface area contributed by atoms with Crippen molar-refractivity contribution in [3.8, 4) is 11.5 Å². The average Bonchev–Trinajstić information content (AvgIpc) is 3.54. The van der Waals surface area contributed by atoms with E-state index >= 15 is 0 Å². The summed E-state index contributed by atoms with van der Waals surface area (Å²) in [5.74, 6) is 0.314. The van der Waals surface area contributed by atoms with Gasteiger partial charge in [-0.1, -0.05) is 25.5 Å². The maximum absolute atomic E-state index is 12.1. The number of fused-ring (bicyclic) bond motifs is 1. The van der Waals surface area contributed by atoms with Crippen molar-refractivity contribution in [2.75, 3.05) is 18.9 Å². The van der Waals surface area contributed by atoms with Gasteiger partial charge in [-0.05, 0) is 12.8 Å². The van der Waals surface area contributed by atoms with Crippen molar-refractivity contribution in [3.63, 3.8) is 0 Å². The number of hydrogen-bond acceptors (Lipinski definition) is 10. The van der Waals surface area contributed by atoms with E-state index in [0.717, 1.165) is 25.8 Å². The second-order valence-corrected chi connectivity index (χ2v) is 7.91. The van der Waals surface area contributed by atoms with Gasteiger partial charge in [0.05, 0.1) is 12.5 Å². The third-order valence-electron chi connectivity index (χ3n) is 5.49. The van der Waals surface area contributed by atoms with Crippen LogP contribution >= 0.6 is 0 Å². The average molecular weight is 460 g/mol. The second-order valence-electron chi connectivity index (χ2n) is 7.91. The van der Waals surface area contributed by atoms with Crippen molar-refractivity contribution in [2.45, 2.75) is 64.2 Å². The summed E-state index contributed by atoms with van der Waals surface area (Å²) in [6, 6.07) is 0. The number of aryl methyl sites for hydroxylation is 1. The number of hydrogen-bond donors (Lipinski definition) is 4. The highest BCUT2D eigenvalue weighted by Gasteiger charge is 2.47. The maximum atomic E-state index is 12.1. The number of ether oxygens (including phenoxy) is 1. The van der Waals surface area contributed by atoms with E-state index in [2.05, 4.69) is 42.8 Å². The lowest BCUT2D eigenvalue weighted by Crippen LogP contribution is -2.41. The zero-order chi connectivity index (χ0) is 23.5. The number of aromatic nitrogens is 7. The molecule has 33 heavy (non-hydrogen) atoms. The van der Waals surface area contributed by atoms with Crippen molar-refractivity contribution < 1.29 is 19.7 Å². The number of rotatable bonds is 9. The molecule has 13 nitrogen and oxygen atoms in total. The number of nitrogens with one attached hydrogen (secondary N) is 2. The lowest BCUT2D eigenvalue weighted by Gasteiger charge is -2.16. The normalized spacial score (nSPS) is 22.7. The topological polar surface area (TPSA) is 165 Å². The number of carbonyl (C=O) groups is 1. The van der Waals surface area contributed by atoms with E-state index < -0.39 is 30.4 Å².